The number of halogens is 1. The molecule has 5 heteroatoms. The quantitative estimate of drug-likeness (QED) is 0.812. The molecule has 0 unspecified atom stereocenters. The van der Waals surface area contributed by atoms with Crippen molar-refractivity contribution in [2.24, 2.45) is 0 Å². The highest BCUT2D eigenvalue weighted by molar-refractivity contribution is 5.78. The number of benzene rings is 2. The van der Waals surface area contributed by atoms with E-state index in [1.807, 2.05) is 29.2 Å². The first kappa shape index (κ1) is 18.2. The average Bonchev–Trinajstić information content (AvgIpc) is 2.93. The highest BCUT2D eigenvalue weighted by atomic mass is 19.1. The molecule has 1 atom stereocenters. The van der Waals surface area contributed by atoms with Gasteiger partial charge in [0.05, 0.1) is 7.11 Å². The predicted molar refractivity (Wildman–Crippen MR) is 98.1 cm³/mol. The van der Waals surface area contributed by atoms with Gasteiger partial charge in [-0.25, -0.2) is 4.39 Å². The normalized spacial score (nSPS) is 17.5. The Morgan fingerprint density at radius 2 is 1.85 bits per heavy atom. The summed E-state index contributed by atoms with van der Waals surface area (Å²) in [6, 6.07) is 13.9. The van der Waals surface area contributed by atoms with E-state index in [0.29, 0.717) is 18.0 Å². The number of hydrogen-bond acceptors (Lipinski definition) is 3. The molecule has 2 aromatic carbocycles. The molecule has 1 amide bonds. The van der Waals surface area contributed by atoms with Crippen LogP contribution in [0.15, 0.2) is 48.5 Å². The lowest BCUT2D eigenvalue weighted by Crippen LogP contribution is -2.37. The average molecular weight is 357 g/mol. The van der Waals surface area contributed by atoms with Gasteiger partial charge in [-0.2, -0.15) is 0 Å². The lowest BCUT2D eigenvalue weighted by Gasteiger charge is -2.25. The first-order valence-electron chi connectivity index (χ1n) is 8.96. The van der Waals surface area contributed by atoms with Gasteiger partial charge >= 0.3 is 0 Å². The van der Waals surface area contributed by atoms with Crippen molar-refractivity contribution in [3.63, 3.8) is 0 Å². The lowest BCUT2D eigenvalue weighted by atomic mass is 9.94. The Balaban J connectivity index is 1.63. The van der Waals surface area contributed by atoms with E-state index in [0.717, 1.165) is 31.4 Å². The molecular weight excluding hydrogens is 333 g/mol. The molecule has 0 saturated carbocycles. The molecule has 1 fully saturated rings. The van der Waals surface area contributed by atoms with Gasteiger partial charge in [0, 0.05) is 19.0 Å². The van der Waals surface area contributed by atoms with Gasteiger partial charge in [0.2, 0.25) is 0 Å². The summed E-state index contributed by atoms with van der Waals surface area (Å²) in [7, 11) is 1.58. The van der Waals surface area contributed by atoms with Crippen molar-refractivity contribution < 1.29 is 18.7 Å². The number of hydrogen-bond donors (Lipinski definition) is 0. The first-order valence-corrected chi connectivity index (χ1v) is 8.96. The number of likely N-dealkylation sites (tertiary alicyclic amines) is 1. The number of para-hydroxylation sites is 2. The van der Waals surface area contributed by atoms with Crippen molar-refractivity contribution in [3.05, 3.63) is 59.9 Å². The Kier molecular flexibility index (Phi) is 6.10. The van der Waals surface area contributed by atoms with E-state index in [1.54, 1.807) is 19.2 Å². The van der Waals surface area contributed by atoms with Crippen LogP contribution in [0.4, 0.5) is 4.39 Å². The summed E-state index contributed by atoms with van der Waals surface area (Å²) >= 11 is 0. The standard InChI is InChI=1S/C21H24FNO3/c1-25-19-7-2-3-8-20(19)26-15-21(24)23-13-5-4-6-17(14-23)16-9-11-18(22)12-10-16/h2-3,7-12,17H,4-6,13-15H2,1H3/t17-/m1/s1. The summed E-state index contributed by atoms with van der Waals surface area (Å²) in [4.78, 5) is 14.5. The number of carbonyl (C=O) groups is 1. The van der Waals surface area contributed by atoms with Crippen LogP contribution in [0.5, 0.6) is 11.5 Å². The second-order valence-corrected chi connectivity index (χ2v) is 6.52. The van der Waals surface area contributed by atoms with Crippen LogP contribution < -0.4 is 9.47 Å². The summed E-state index contributed by atoms with van der Waals surface area (Å²) in [6.07, 6.45) is 3.03. The number of amides is 1. The number of methoxy groups -OCH3 is 1. The van der Waals surface area contributed by atoms with Crippen LogP contribution in [0.25, 0.3) is 0 Å². The second kappa shape index (κ2) is 8.70. The largest absolute Gasteiger partial charge is 0.493 e. The molecule has 0 N–H and O–H groups in total. The minimum atomic E-state index is -0.236. The van der Waals surface area contributed by atoms with Crippen molar-refractivity contribution in [3.8, 4) is 11.5 Å². The molecule has 0 bridgehead atoms. The predicted octanol–water partition coefficient (Wildman–Crippen LogP) is 4.01. The van der Waals surface area contributed by atoms with E-state index in [4.69, 9.17) is 9.47 Å². The fraction of sp³-hybridized carbons (Fsp3) is 0.381. The van der Waals surface area contributed by atoms with Crippen molar-refractivity contribution in [1.29, 1.82) is 0 Å². The molecule has 1 heterocycles. The van der Waals surface area contributed by atoms with E-state index in [9.17, 15) is 9.18 Å². The van der Waals surface area contributed by atoms with Crippen molar-refractivity contribution >= 4 is 5.91 Å². The maximum atomic E-state index is 13.2. The van der Waals surface area contributed by atoms with E-state index >= 15 is 0 Å². The molecule has 138 valence electrons. The Hall–Kier alpha value is -2.56. The molecule has 1 aliphatic heterocycles. The Morgan fingerprint density at radius 3 is 2.58 bits per heavy atom. The second-order valence-electron chi connectivity index (χ2n) is 6.52. The molecule has 1 aliphatic rings. The van der Waals surface area contributed by atoms with Crippen molar-refractivity contribution in [2.75, 3.05) is 26.8 Å². The van der Waals surface area contributed by atoms with E-state index < -0.39 is 0 Å². The molecular formula is C21H24FNO3. The Morgan fingerprint density at radius 1 is 1.12 bits per heavy atom. The first-order chi connectivity index (χ1) is 12.7. The smallest absolute Gasteiger partial charge is 0.260 e. The summed E-state index contributed by atoms with van der Waals surface area (Å²) in [5, 5.41) is 0. The fourth-order valence-electron chi connectivity index (χ4n) is 3.34. The van der Waals surface area contributed by atoms with Gasteiger partial charge in [0.25, 0.3) is 5.91 Å². The molecule has 0 spiro atoms. The van der Waals surface area contributed by atoms with Crippen LogP contribution in [-0.4, -0.2) is 37.6 Å². The maximum Gasteiger partial charge on any atom is 0.260 e. The lowest BCUT2D eigenvalue weighted by molar-refractivity contribution is -0.133. The molecule has 2 aromatic rings. The highest BCUT2D eigenvalue weighted by Crippen LogP contribution is 2.28. The summed E-state index contributed by atoms with van der Waals surface area (Å²) in [6.45, 7) is 1.35. The summed E-state index contributed by atoms with van der Waals surface area (Å²) in [5.41, 5.74) is 1.08. The Bertz CT molecular complexity index is 732. The molecule has 0 aliphatic carbocycles. The number of carbonyl (C=O) groups excluding carboxylic acids is 1. The van der Waals surface area contributed by atoms with E-state index in [-0.39, 0.29) is 24.2 Å². The third-order valence-corrected chi connectivity index (χ3v) is 4.79. The van der Waals surface area contributed by atoms with Gasteiger partial charge in [-0.3, -0.25) is 4.79 Å². The van der Waals surface area contributed by atoms with Crippen LogP contribution in [0.1, 0.15) is 30.7 Å². The summed E-state index contributed by atoms with van der Waals surface area (Å²) in [5.74, 6) is 1.13. The van der Waals surface area contributed by atoms with Gasteiger partial charge in [-0.1, -0.05) is 30.7 Å². The molecule has 26 heavy (non-hydrogen) atoms. The van der Waals surface area contributed by atoms with Gasteiger partial charge in [0.1, 0.15) is 5.82 Å². The van der Waals surface area contributed by atoms with E-state index in [1.165, 1.54) is 12.1 Å². The van der Waals surface area contributed by atoms with Crippen LogP contribution in [-0.2, 0) is 4.79 Å². The van der Waals surface area contributed by atoms with Gasteiger partial charge < -0.3 is 14.4 Å². The molecule has 1 saturated heterocycles. The molecule has 3 rings (SSSR count). The zero-order valence-electron chi connectivity index (χ0n) is 15.0. The number of rotatable bonds is 5. The van der Waals surface area contributed by atoms with Gasteiger partial charge in [-0.05, 0) is 42.7 Å². The topological polar surface area (TPSA) is 38.8 Å². The zero-order valence-corrected chi connectivity index (χ0v) is 15.0. The monoisotopic (exact) mass is 357 g/mol. The van der Waals surface area contributed by atoms with Crippen molar-refractivity contribution in [1.82, 2.24) is 4.90 Å². The zero-order chi connectivity index (χ0) is 18.4. The minimum Gasteiger partial charge on any atom is -0.493 e. The van der Waals surface area contributed by atoms with Gasteiger partial charge in [0.15, 0.2) is 18.1 Å². The molecule has 0 aromatic heterocycles. The third kappa shape index (κ3) is 4.54. The number of nitrogens with zero attached hydrogens (tertiary/aromatic N) is 1. The SMILES string of the molecule is COc1ccccc1OCC(=O)N1CCCC[C@@H](c2ccc(F)cc2)C1. The Labute approximate surface area is 153 Å². The maximum absolute atomic E-state index is 13.2. The fourth-order valence-corrected chi connectivity index (χ4v) is 3.34. The van der Waals surface area contributed by atoms with Crippen LogP contribution in [0.3, 0.4) is 0 Å². The highest BCUT2D eigenvalue weighted by Gasteiger charge is 2.23. The van der Waals surface area contributed by atoms with Gasteiger partial charge in [-0.15, -0.1) is 0 Å². The third-order valence-electron chi connectivity index (χ3n) is 4.79. The molecule has 0 radical (unpaired) electrons. The van der Waals surface area contributed by atoms with Crippen LogP contribution in [0, 0.1) is 5.82 Å². The van der Waals surface area contributed by atoms with Crippen molar-refractivity contribution in [2.45, 2.75) is 25.2 Å². The van der Waals surface area contributed by atoms with E-state index in [2.05, 4.69) is 0 Å². The number of ether oxygens (including phenoxy) is 2. The summed E-state index contributed by atoms with van der Waals surface area (Å²) < 4.78 is 24.1. The molecule has 4 nitrogen and oxygen atoms in total. The van der Waals surface area contributed by atoms with Crippen LogP contribution >= 0.6 is 0 Å². The van der Waals surface area contributed by atoms with Crippen LogP contribution in [0.2, 0.25) is 0 Å². The minimum absolute atomic E-state index is 0.0174.